The molecular weight excluding hydrogens is 1360 g/mol. The number of hydrogen-bond donors (Lipinski definition) is 2. The molecular formula is C72H96BrMgN13O13. The molecule has 0 atom stereocenters. The second-order valence-corrected chi connectivity index (χ2v) is 24.8. The van der Waals surface area contributed by atoms with Crippen molar-refractivity contribution in [2.24, 2.45) is 29.4 Å². The van der Waals surface area contributed by atoms with E-state index < -0.39 is 17.5 Å². The van der Waals surface area contributed by atoms with Crippen LogP contribution in [-0.2, 0) is 39.1 Å². The zero-order chi connectivity index (χ0) is 69.6. The number of nitrogens with zero attached hydrogens (tertiary/aromatic N) is 12. The molecule has 536 valence electrons. The number of amides is 2. The molecule has 4 saturated carbocycles. The van der Waals surface area contributed by atoms with E-state index in [1.165, 1.54) is 54.2 Å². The van der Waals surface area contributed by atoms with Gasteiger partial charge in [-0.2, -0.15) is 30.0 Å². The first kappa shape index (κ1) is 82.5. The predicted octanol–water partition coefficient (Wildman–Crippen LogP) is 8.24. The third-order valence-corrected chi connectivity index (χ3v) is 16.1. The fourth-order valence-corrected chi connectivity index (χ4v) is 10.3. The van der Waals surface area contributed by atoms with Crippen molar-refractivity contribution in [2.45, 2.75) is 158 Å². The molecule has 4 aliphatic carbocycles. The molecule has 100 heavy (non-hydrogen) atoms. The second-order valence-electron chi connectivity index (χ2n) is 24.8. The van der Waals surface area contributed by atoms with Gasteiger partial charge < -0.3 is 76.9 Å². The number of nitrogens with two attached hydrogens (primary N) is 1. The van der Waals surface area contributed by atoms with E-state index in [0.717, 1.165) is 56.9 Å². The van der Waals surface area contributed by atoms with Crippen molar-refractivity contribution in [3.63, 3.8) is 0 Å². The number of ether oxygens (including phenoxy) is 3. The fourth-order valence-electron chi connectivity index (χ4n) is 10.3. The Morgan fingerprint density at radius 2 is 0.950 bits per heavy atom. The summed E-state index contributed by atoms with van der Waals surface area (Å²) in [6.07, 6.45) is 23.2. The zero-order valence-electron chi connectivity index (χ0n) is 59.5. The number of oxazole rings is 4. The summed E-state index contributed by atoms with van der Waals surface area (Å²) in [5, 5.41) is 26.9. The van der Waals surface area contributed by atoms with Crippen molar-refractivity contribution >= 4 is 58.9 Å². The predicted molar refractivity (Wildman–Crippen MR) is 370 cm³/mol. The van der Waals surface area contributed by atoms with E-state index in [0.29, 0.717) is 145 Å². The van der Waals surface area contributed by atoms with Gasteiger partial charge in [-0.15, -0.1) is 0 Å². The van der Waals surface area contributed by atoms with Crippen LogP contribution in [-0.4, -0.2) is 170 Å². The molecule has 0 unspecified atom stereocenters. The quantitative estimate of drug-likeness (QED) is 0.0153. The van der Waals surface area contributed by atoms with Crippen LogP contribution in [0.2, 0.25) is 0 Å². The van der Waals surface area contributed by atoms with E-state index in [-0.39, 0.29) is 83.2 Å². The number of carbonyl (C=O) groups is 5. The van der Waals surface area contributed by atoms with Gasteiger partial charge in [0, 0.05) is 45.4 Å². The number of unbranched alkanes of at least 4 members (excludes halogenated alkanes) is 1. The maximum Gasteiger partial charge on any atom is 2.00 e. The summed E-state index contributed by atoms with van der Waals surface area (Å²) in [4.78, 5) is 85.1. The minimum atomic E-state index is -1.06. The van der Waals surface area contributed by atoms with Crippen LogP contribution in [0.4, 0.5) is 0 Å². The number of hydrogen-bond acceptors (Lipinski definition) is 22. The van der Waals surface area contributed by atoms with Gasteiger partial charge in [0.25, 0.3) is 11.8 Å². The number of aryl methyl sites for hydroxylation is 5. The van der Waals surface area contributed by atoms with Gasteiger partial charge in [-0.25, -0.2) is 34.3 Å². The first-order valence-electron chi connectivity index (χ1n) is 33.6. The van der Waals surface area contributed by atoms with Crippen molar-refractivity contribution in [3.8, 4) is 11.4 Å². The molecule has 0 aliphatic heterocycles. The maximum absolute atomic E-state index is 13.4. The van der Waals surface area contributed by atoms with Crippen molar-refractivity contribution in [1.82, 2.24) is 59.7 Å². The average Bonchev–Trinajstić information content (AvgIpc) is 1.36. The molecule has 0 saturated heterocycles. The zero-order valence-corrected chi connectivity index (χ0v) is 62.5. The number of para-hydroxylation sites is 2. The minimum absolute atomic E-state index is 0. The summed E-state index contributed by atoms with van der Waals surface area (Å²) in [5.74, 6) is 5.43. The molecule has 26 nitrogen and oxygen atoms in total. The molecule has 0 spiro atoms. The fraction of sp³-hybridized carbons (Fsp3) is 0.500. The van der Waals surface area contributed by atoms with Crippen molar-refractivity contribution in [3.05, 3.63) is 168 Å². The van der Waals surface area contributed by atoms with Gasteiger partial charge in [-0.3, -0.25) is 9.59 Å². The summed E-state index contributed by atoms with van der Waals surface area (Å²) in [5.41, 5.74) is 7.83. The number of esters is 3. The van der Waals surface area contributed by atoms with Crippen molar-refractivity contribution in [1.29, 1.82) is 0 Å². The monoisotopic (exact) mass is 1450 g/mol. The first-order valence-corrected chi connectivity index (χ1v) is 33.6. The Bertz CT molecular complexity index is 3840. The topological polar surface area (TPSA) is 331 Å². The number of halogens is 1. The molecule has 8 aromatic rings. The van der Waals surface area contributed by atoms with Crippen molar-refractivity contribution < 1.29 is 77.9 Å². The van der Waals surface area contributed by atoms with E-state index in [1.54, 1.807) is 93.2 Å². The van der Waals surface area contributed by atoms with Crippen LogP contribution in [0, 0.1) is 58.8 Å². The molecule has 6 aromatic heterocycles. The Kier molecular flexibility index (Phi) is 33.2. The van der Waals surface area contributed by atoms with Gasteiger partial charge in [0.15, 0.2) is 34.8 Å². The van der Waals surface area contributed by atoms with Crippen LogP contribution in [0.1, 0.15) is 210 Å². The first-order chi connectivity index (χ1) is 46.7. The van der Waals surface area contributed by atoms with Crippen LogP contribution < -0.4 is 22.7 Å². The molecule has 0 radical (unpaired) electrons. The Labute approximate surface area is 611 Å². The summed E-state index contributed by atoms with van der Waals surface area (Å²) in [6, 6.07) is 14.7. The normalized spacial score (nSPS) is 13.4. The Hall–Kier alpha value is -8.18. The van der Waals surface area contributed by atoms with E-state index in [1.807, 2.05) is 52.3 Å². The van der Waals surface area contributed by atoms with Gasteiger partial charge in [0.1, 0.15) is 34.3 Å². The summed E-state index contributed by atoms with van der Waals surface area (Å²) >= 11 is 0. The summed E-state index contributed by atoms with van der Waals surface area (Å²) < 4.78 is 36.7. The number of aromatic nitrogens is 10. The van der Waals surface area contributed by atoms with E-state index in [4.69, 9.17) is 37.6 Å². The van der Waals surface area contributed by atoms with Gasteiger partial charge >= 0.3 is 41.0 Å². The molecule has 4 fully saturated rings. The van der Waals surface area contributed by atoms with Crippen molar-refractivity contribution in [2.75, 3.05) is 52.5 Å². The third-order valence-electron chi connectivity index (χ3n) is 16.1. The number of benzene rings is 2. The molecule has 2 aromatic carbocycles. The molecule has 4 aliphatic rings. The largest absolute Gasteiger partial charge is 2.00 e. The standard InChI is InChI=1S/C22H25N5O4.C22H27N5O3.C14H21NO3.C9H11NO3.C4H9N.CH3.BrH.Mg/c1-3-30-22(29)20-15(2)31-19(25-20)10-13-26(14-16-8-9-16)21(28)17-6-4-5-7-18(17)27-23-11-12-24-27;1-15-20(22(2,3)29)25-19(30-15)10-13-26(14-16-8-9-16)21(28)17-6-4-5-7-18(17)27-23-11-12-24-27;1-3-17-14(16)13-10(2)18-12(15-13)7-5-4-6-11-8-9-11;1-4-7-10-8(6(3)13-7)9(11)12-5-2;5-3-4-1-2-4;;;/h4-7,11-12,16H,3,8-10,13-14H2,1-2H3;4-7,11-12,16,29H,8-10,13-14H2,1-3H3;11H,3-9H2,1-2H3;4H,1,5H2,2-3H3;4H,1-3,5H2;1H3;1H;/q;;;;;-1;;+2/p-1. The van der Waals surface area contributed by atoms with E-state index >= 15 is 0 Å². The van der Waals surface area contributed by atoms with Gasteiger partial charge in [-0.05, 0) is 168 Å². The van der Waals surface area contributed by atoms with Crippen LogP contribution in [0.25, 0.3) is 17.5 Å². The third kappa shape index (κ3) is 25.2. The smallest absolute Gasteiger partial charge is 1.00 e. The number of rotatable bonds is 28. The Morgan fingerprint density at radius 3 is 1.31 bits per heavy atom. The molecule has 12 rings (SSSR count). The maximum atomic E-state index is 13.4. The van der Waals surface area contributed by atoms with Crippen LogP contribution in [0.3, 0.4) is 0 Å². The van der Waals surface area contributed by atoms with Crippen LogP contribution in [0.15, 0.2) is 97.6 Å². The van der Waals surface area contributed by atoms with Gasteiger partial charge in [0.05, 0.1) is 67.1 Å². The Morgan fingerprint density at radius 1 is 0.570 bits per heavy atom. The average molecular weight is 1460 g/mol. The Balaban J connectivity index is 0.000000242. The SMILES string of the molecule is C=Cc1nc(C(=O)OCC)c(C)o1.CCOC(=O)c1nc(CCCCC2CC2)oc1C.CCOC(=O)c1nc(CCN(CC2CC2)C(=O)c2ccccc2-n2nccn2)oc1C.Cc1oc(CCN(CC2CC2)C(=O)c2ccccc2-n2nccn2)nc1C(C)(C)O.NCC1CC1.[Br-].[CH3-].[Mg+2]. The number of aliphatic hydroxyl groups is 1. The summed E-state index contributed by atoms with van der Waals surface area (Å²) in [6.45, 7) is 23.2. The van der Waals surface area contributed by atoms with Gasteiger partial charge in [-0.1, -0.05) is 56.5 Å². The number of carbonyl (C=O) groups excluding carboxylic acids is 5. The van der Waals surface area contributed by atoms with E-state index in [9.17, 15) is 29.1 Å². The van der Waals surface area contributed by atoms with E-state index in [2.05, 4.69) is 46.9 Å². The minimum Gasteiger partial charge on any atom is -1.00 e. The summed E-state index contributed by atoms with van der Waals surface area (Å²) in [7, 11) is 0. The van der Waals surface area contributed by atoms with Crippen LogP contribution >= 0.6 is 0 Å². The van der Waals surface area contributed by atoms with Gasteiger partial charge in [0.2, 0.25) is 5.89 Å². The molecule has 2 amide bonds. The molecule has 3 N–H and O–H groups in total. The second kappa shape index (κ2) is 40.3. The molecule has 28 heteroatoms. The molecule has 6 heterocycles. The van der Waals surface area contributed by atoms with Crippen LogP contribution in [0.5, 0.6) is 0 Å². The molecule has 0 bridgehead atoms.